The summed E-state index contributed by atoms with van der Waals surface area (Å²) in [6.45, 7) is 2.56. The van der Waals surface area contributed by atoms with Gasteiger partial charge in [0.2, 0.25) is 0 Å². The van der Waals surface area contributed by atoms with Gasteiger partial charge in [0, 0.05) is 6.07 Å². The van der Waals surface area contributed by atoms with Crippen molar-refractivity contribution < 1.29 is 26.4 Å². The molecule has 1 aromatic carbocycles. The van der Waals surface area contributed by atoms with Crippen LogP contribution in [0.4, 0.5) is 5.69 Å². The highest BCUT2D eigenvalue weighted by Gasteiger charge is 2.25. The molecule has 0 heterocycles. The first-order valence-electron chi connectivity index (χ1n) is 5.70. The van der Waals surface area contributed by atoms with Crippen LogP contribution in [0.2, 0.25) is 0 Å². The molecule has 0 atom stereocenters. The summed E-state index contributed by atoms with van der Waals surface area (Å²) in [4.78, 5) is 10.7. The molecule has 0 fully saturated rings. The lowest BCUT2D eigenvalue weighted by Gasteiger charge is -2.33. The zero-order chi connectivity index (χ0) is 13.6. The monoisotopic (exact) mass is 458 g/mol. The maximum absolute atomic E-state index is 11.0. The van der Waals surface area contributed by atoms with E-state index in [9.17, 15) is 10.1 Å². The van der Waals surface area contributed by atoms with Gasteiger partial charge in [0.05, 0.1) is 41.3 Å². The van der Waals surface area contributed by atoms with E-state index in [1.807, 2.05) is 12.1 Å². The Balaban J connectivity index is 0.00000324. The molecule has 108 valence electrons. The van der Waals surface area contributed by atoms with Crippen LogP contribution < -0.4 is 17.0 Å². The lowest BCUT2D eigenvalue weighted by Crippen LogP contribution is -3.00. The van der Waals surface area contributed by atoms with Crippen LogP contribution in [0, 0.1) is 10.1 Å². The maximum atomic E-state index is 11.0. The Kier molecular flexibility index (Phi) is 9.06. The Bertz CT molecular complexity index is 410. The number of alkyl halides is 2. The predicted molar refractivity (Wildman–Crippen MR) is 80.3 cm³/mol. The quantitative estimate of drug-likeness (QED) is 0.255. The van der Waals surface area contributed by atoms with Gasteiger partial charge >= 0.3 is 0 Å². The van der Waals surface area contributed by atoms with Gasteiger partial charge < -0.3 is 21.5 Å². The third kappa shape index (κ3) is 5.89. The molecule has 4 nitrogen and oxygen atoms in total. The third-order valence-corrected chi connectivity index (χ3v) is 3.70. The van der Waals surface area contributed by atoms with Crippen LogP contribution in [0.1, 0.15) is 5.56 Å². The smallest absolute Gasteiger partial charge is 0.278 e. The minimum absolute atomic E-state index is 0. The zero-order valence-corrected chi connectivity index (χ0v) is 15.4. The van der Waals surface area contributed by atoms with Crippen molar-refractivity contribution in [1.29, 1.82) is 0 Å². The van der Waals surface area contributed by atoms with E-state index in [4.69, 9.17) is 0 Å². The first kappa shape index (κ1) is 19.0. The summed E-state index contributed by atoms with van der Waals surface area (Å²) in [6.07, 6.45) is 0. The Morgan fingerprint density at radius 1 is 1.21 bits per heavy atom. The van der Waals surface area contributed by atoms with Gasteiger partial charge in [-0.2, -0.15) is 0 Å². The van der Waals surface area contributed by atoms with Gasteiger partial charge in [-0.15, -0.1) is 0 Å². The summed E-state index contributed by atoms with van der Waals surface area (Å²) in [7, 11) is 2.12. The van der Waals surface area contributed by atoms with E-state index in [-0.39, 0.29) is 27.6 Å². The normalized spacial score (nSPS) is 10.9. The van der Waals surface area contributed by atoms with Crippen LogP contribution in [0.15, 0.2) is 24.3 Å². The molecule has 7 heteroatoms. The molecule has 0 aromatic heterocycles. The molecule has 0 aliphatic heterocycles. The molecule has 0 spiro atoms. The number of quaternary nitrogens is 1. The van der Waals surface area contributed by atoms with Crippen LogP contribution in [0.5, 0.6) is 0 Å². The largest absolute Gasteiger partial charge is 1.00 e. The number of nitro groups is 1. The van der Waals surface area contributed by atoms with Gasteiger partial charge in [-0.25, -0.2) is 0 Å². The van der Waals surface area contributed by atoms with Crippen LogP contribution in [-0.4, -0.2) is 40.2 Å². The van der Waals surface area contributed by atoms with Gasteiger partial charge in [0.1, 0.15) is 6.54 Å². The molecule has 0 saturated heterocycles. The zero-order valence-electron chi connectivity index (χ0n) is 10.7. The van der Waals surface area contributed by atoms with Crippen LogP contribution in [0.3, 0.4) is 0 Å². The highest BCUT2D eigenvalue weighted by atomic mass is 79.9. The van der Waals surface area contributed by atoms with E-state index in [1.165, 1.54) is 0 Å². The minimum Gasteiger partial charge on any atom is -1.00 e. The van der Waals surface area contributed by atoms with Crippen LogP contribution in [-0.2, 0) is 6.54 Å². The van der Waals surface area contributed by atoms with Gasteiger partial charge in [-0.1, -0.05) is 44.0 Å². The fourth-order valence-electron chi connectivity index (χ4n) is 1.91. The average Bonchev–Trinajstić information content (AvgIpc) is 2.29. The Labute approximate surface area is 140 Å². The van der Waals surface area contributed by atoms with Gasteiger partial charge in [0.25, 0.3) is 5.69 Å². The highest BCUT2D eigenvalue weighted by Crippen LogP contribution is 2.22. The summed E-state index contributed by atoms with van der Waals surface area (Å²) < 4.78 is 0.779. The molecule has 0 unspecified atom stereocenters. The Morgan fingerprint density at radius 3 is 2.21 bits per heavy atom. The summed E-state index contributed by atoms with van der Waals surface area (Å²) >= 11 is 6.90. The number of benzene rings is 1. The summed E-state index contributed by atoms with van der Waals surface area (Å²) in [5.74, 6) is 0. The second-order valence-corrected chi connectivity index (χ2v) is 6.07. The molecular formula is C12H17Br3N2O2. The van der Waals surface area contributed by atoms with Crippen molar-refractivity contribution in [3.05, 3.63) is 39.9 Å². The van der Waals surface area contributed by atoms with Crippen molar-refractivity contribution in [2.75, 3.05) is 30.8 Å². The number of nitro benzene ring substituents is 1. The SMILES string of the molecule is C[N+](CCBr)(CCBr)Cc1ccccc1[N+](=O)[O-].[Br-]. The summed E-state index contributed by atoms with van der Waals surface area (Å²) in [5, 5.41) is 12.8. The summed E-state index contributed by atoms with van der Waals surface area (Å²) in [6, 6.07) is 6.98. The first-order chi connectivity index (χ1) is 8.52. The lowest BCUT2D eigenvalue weighted by atomic mass is 10.1. The van der Waals surface area contributed by atoms with Gasteiger partial charge in [0.15, 0.2) is 0 Å². The molecule has 0 amide bonds. The molecule has 0 N–H and O–H groups in total. The van der Waals surface area contributed by atoms with Crippen molar-refractivity contribution in [3.63, 3.8) is 0 Å². The van der Waals surface area contributed by atoms with Crippen molar-refractivity contribution in [3.8, 4) is 0 Å². The number of para-hydroxylation sites is 1. The van der Waals surface area contributed by atoms with E-state index in [1.54, 1.807) is 12.1 Å². The minimum atomic E-state index is -0.304. The predicted octanol–water partition coefficient (Wildman–Crippen LogP) is 0.335. The van der Waals surface area contributed by atoms with E-state index in [2.05, 4.69) is 38.9 Å². The molecule has 0 bridgehead atoms. The van der Waals surface area contributed by atoms with Gasteiger partial charge in [-0.05, 0) is 6.07 Å². The van der Waals surface area contributed by atoms with Crippen LogP contribution >= 0.6 is 31.9 Å². The van der Waals surface area contributed by atoms with Crippen molar-refractivity contribution in [2.45, 2.75) is 6.54 Å². The second kappa shape index (κ2) is 9.05. The number of halogens is 3. The highest BCUT2D eigenvalue weighted by molar-refractivity contribution is 9.09. The molecule has 0 saturated carbocycles. The molecule has 0 aliphatic rings. The van der Waals surface area contributed by atoms with E-state index < -0.39 is 0 Å². The van der Waals surface area contributed by atoms with Gasteiger partial charge in [-0.3, -0.25) is 10.1 Å². The van der Waals surface area contributed by atoms with E-state index in [0.29, 0.717) is 6.54 Å². The lowest BCUT2D eigenvalue weighted by molar-refractivity contribution is -0.917. The van der Waals surface area contributed by atoms with E-state index in [0.717, 1.165) is 33.8 Å². The fraction of sp³-hybridized carbons (Fsp3) is 0.500. The molecule has 19 heavy (non-hydrogen) atoms. The van der Waals surface area contributed by atoms with E-state index >= 15 is 0 Å². The maximum Gasteiger partial charge on any atom is 0.278 e. The van der Waals surface area contributed by atoms with Crippen LogP contribution in [0.25, 0.3) is 0 Å². The summed E-state index contributed by atoms with van der Waals surface area (Å²) in [5.41, 5.74) is 1.01. The Morgan fingerprint density at radius 2 is 1.74 bits per heavy atom. The first-order valence-corrected chi connectivity index (χ1v) is 7.94. The average molecular weight is 461 g/mol. The van der Waals surface area contributed by atoms with Crippen molar-refractivity contribution in [2.24, 2.45) is 0 Å². The number of rotatable bonds is 7. The second-order valence-electron chi connectivity index (χ2n) is 4.49. The fourth-order valence-corrected chi connectivity index (χ4v) is 3.62. The molecule has 0 aliphatic carbocycles. The van der Waals surface area contributed by atoms with Crippen molar-refractivity contribution >= 4 is 37.5 Å². The third-order valence-electron chi connectivity index (χ3n) is 2.99. The molecule has 1 aromatic rings. The topological polar surface area (TPSA) is 43.1 Å². The molecular weight excluding hydrogens is 444 g/mol. The Hall–Kier alpha value is 0.0200. The number of hydrogen-bond donors (Lipinski definition) is 0. The number of nitrogens with zero attached hydrogens (tertiary/aromatic N) is 2. The molecule has 0 radical (unpaired) electrons. The molecule has 1 rings (SSSR count). The number of hydrogen-bond acceptors (Lipinski definition) is 2. The van der Waals surface area contributed by atoms with Crippen molar-refractivity contribution in [1.82, 2.24) is 0 Å². The standard InChI is InChI=1S/C12H17Br2N2O2.BrH/c1-16(8-6-13,9-7-14)10-11-4-2-3-5-12(11)15(17)18;/h2-5H,6-10H2,1H3;1H/q+1;/p-1.